The van der Waals surface area contributed by atoms with Crippen molar-refractivity contribution in [2.45, 2.75) is 0 Å². The van der Waals surface area contributed by atoms with Crippen molar-refractivity contribution in [1.82, 2.24) is 9.29 Å². The van der Waals surface area contributed by atoms with Crippen LogP contribution in [0, 0.1) is 11.8 Å². The molecule has 0 radical (unpaired) electrons. The van der Waals surface area contributed by atoms with Gasteiger partial charge in [-0.1, -0.05) is 24.0 Å². The first-order chi connectivity index (χ1) is 12.7. The van der Waals surface area contributed by atoms with Crippen molar-refractivity contribution >= 4 is 29.9 Å². The summed E-state index contributed by atoms with van der Waals surface area (Å²) in [5.41, 5.74) is 2.45. The molecular formula is C18H15N3O4S. The number of esters is 1. The molecule has 1 aliphatic heterocycles. The zero-order valence-electron chi connectivity index (χ0n) is 13.9. The van der Waals surface area contributed by atoms with Gasteiger partial charge in [0.15, 0.2) is 0 Å². The summed E-state index contributed by atoms with van der Waals surface area (Å²) in [6, 6.07) is 10.8. The number of para-hydroxylation sites is 1. The van der Waals surface area contributed by atoms with Crippen molar-refractivity contribution in [3.63, 3.8) is 0 Å². The van der Waals surface area contributed by atoms with E-state index in [-0.39, 0.29) is 11.8 Å². The van der Waals surface area contributed by atoms with Gasteiger partial charge in [-0.2, -0.15) is 0 Å². The van der Waals surface area contributed by atoms with Gasteiger partial charge in [0, 0.05) is 17.3 Å². The number of anilines is 1. The molecule has 0 spiro atoms. The number of ether oxygens (including phenoxy) is 2. The predicted octanol–water partition coefficient (Wildman–Crippen LogP) is 2.70. The topological polar surface area (TPSA) is 80.8 Å². The van der Waals surface area contributed by atoms with E-state index in [0.717, 1.165) is 11.3 Å². The van der Waals surface area contributed by atoms with Gasteiger partial charge in [0.05, 0.1) is 31.5 Å². The number of cyclic esters (lactones) is 1. The first-order valence-electron chi connectivity index (χ1n) is 7.70. The highest BCUT2D eigenvalue weighted by molar-refractivity contribution is 7.98. The molecule has 1 saturated heterocycles. The Bertz CT molecular complexity index is 874. The summed E-state index contributed by atoms with van der Waals surface area (Å²) in [4.78, 5) is 26.9. The van der Waals surface area contributed by atoms with Gasteiger partial charge in [0.1, 0.15) is 12.3 Å². The number of hydrogen-bond acceptors (Lipinski definition) is 7. The van der Waals surface area contributed by atoms with Crippen molar-refractivity contribution in [3.05, 3.63) is 59.4 Å². The highest BCUT2D eigenvalue weighted by Crippen LogP contribution is 2.22. The normalized spacial score (nSPS) is 12.8. The molecule has 1 aromatic carbocycles. The Balaban J connectivity index is 1.71. The fraction of sp³-hybridized carbons (Fsp3) is 0.167. The Morgan fingerprint density at radius 1 is 1.31 bits per heavy atom. The summed E-state index contributed by atoms with van der Waals surface area (Å²) in [6.45, 7) is 0.923. The minimum Gasteiger partial charge on any atom is -0.464 e. The van der Waals surface area contributed by atoms with E-state index in [1.165, 1.54) is 29.7 Å². The van der Waals surface area contributed by atoms with Gasteiger partial charge in [-0.3, -0.25) is 0 Å². The van der Waals surface area contributed by atoms with Gasteiger partial charge in [0.2, 0.25) is 0 Å². The van der Waals surface area contributed by atoms with E-state index in [0.29, 0.717) is 18.7 Å². The predicted molar refractivity (Wildman–Crippen MR) is 97.3 cm³/mol. The average molecular weight is 369 g/mol. The molecule has 8 heteroatoms. The Kier molecular flexibility index (Phi) is 5.61. The van der Waals surface area contributed by atoms with Crippen LogP contribution in [0.15, 0.2) is 42.6 Å². The van der Waals surface area contributed by atoms with Crippen LogP contribution >= 0.6 is 12.1 Å². The van der Waals surface area contributed by atoms with E-state index in [2.05, 4.69) is 26.3 Å². The van der Waals surface area contributed by atoms with Crippen LogP contribution in [0.1, 0.15) is 21.6 Å². The smallest absolute Gasteiger partial charge is 0.421 e. The van der Waals surface area contributed by atoms with E-state index < -0.39 is 5.97 Å². The van der Waals surface area contributed by atoms with Crippen LogP contribution in [-0.4, -0.2) is 41.6 Å². The minimum atomic E-state index is -0.489. The van der Waals surface area contributed by atoms with Crippen LogP contribution in [0.5, 0.6) is 0 Å². The maximum absolute atomic E-state index is 11.5. The van der Waals surface area contributed by atoms with Crippen molar-refractivity contribution in [3.8, 4) is 11.8 Å². The molecule has 1 amide bonds. The summed E-state index contributed by atoms with van der Waals surface area (Å²) in [5.74, 6) is 5.58. The molecule has 26 heavy (non-hydrogen) atoms. The number of nitrogens with one attached hydrogen (secondary N) is 1. The summed E-state index contributed by atoms with van der Waals surface area (Å²) >= 11 is 1.17. The summed E-state index contributed by atoms with van der Waals surface area (Å²) < 4.78 is 14.1. The Morgan fingerprint density at radius 3 is 2.85 bits per heavy atom. The zero-order valence-corrected chi connectivity index (χ0v) is 14.7. The number of hydrogen-bond donors (Lipinski definition) is 1. The van der Waals surface area contributed by atoms with Gasteiger partial charge in [-0.05, 0) is 24.3 Å². The molecule has 1 aromatic heterocycles. The van der Waals surface area contributed by atoms with Crippen LogP contribution in [0.2, 0.25) is 0 Å². The van der Waals surface area contributed by atoms with Crippen molar-refractivity contribution in [2.75, 3.05) is 25.0 Å². The van der Waals surface area contributed by atoms with E-state index in [1.54, 1.807) is 12.1 Å². The summed E-state index contributed by atoms with van der Waals surface area (Å²) in [5, 5.41) is 0. The molecule has 1 fully saturated rings. The molecule has 0 atom stereocenters. The Morgan fingerprint density at radius 2 is 2.15 bits per heavy atom. The summed E-state index contributed by atoms with van der Waals surface area (Å²) in [6.07, 6.45) is 1.16. The first kappa shape index (κ1) is 17.6. The number of rotatable bonds is 4. The van der Waals surface area contributed by atoms with E-state index in [9.17, 15) is 9.59 Å². The number of pyridine rings is 1. The molecule has 2 heterocycles. The van der Waals surface area contributed by atoms with Crippen LogP contribution in [-0.2, 0) is 9.47 Å². The number of carbonyl (C=O) groups is 2. The standard InChI is InChI=1S/C18H15N3O4S/c1-24-17(22)16-9-7-13(12-19-16)6-8-14-4-2-3-5-15(14)20-26-21-10-11-25-18(21)23/h2-5,7,9,12,20H,10-11H2,1H3. The largest absolute Gasteiger partial charge is 0.464 e. The molecule has 3 rings (SSSR count). The fourth-order valence-electron chi connectivity index (χ4n) is 2.08. The molecule has 2 aromatic rings. The van der Waals surface area contributed by atoms with Crippen LogP contribution in [0.4, 0.5) is 10.5 Å². The maximum Gasteiger partial charge on any atom is 0.421 e. The maximum atomic E-state index is 11.5. The second-order valence-corrected chi connectivity index (χ2v) is 5.96. The van der Waals surface area contributed by atoms with Crippen LogP contribution in [0.3, 0.4) is 0 Å². The van der Waals surface area contributed by atoms with Gasteiger partial charge in [-0.15, -0.1) is 0 Å². The number of methoxy groups -OCH3 is 1. The molecule has 0 unspecified atom stereocenters. The van der Waals surface area contributed by atoms with Gasteiger partial charge < -0.3 is 14.2 Å². The van der Waals surface area contributed by atoms with Crippen molar-refractivity contribution in [2.24, 2.45) is 0 Å². The third-order valence-corrected chi connectivity index (χ3v) is 4.28. The van der Waals surface area contributed by atoms with E-state index >= 15 is 0 Å². The lowest BCUT2D eigenvalue weighted by molar-refractivity contribution is 0.0594. The van der Waals surface area contributed by atoms with Gasteiger partial charge in [-0.25, -0.2) is 18.9 Å². The zero-order chi connectivity index (χ0) is 18.4. The lowest BCUT2D eigenvalue weighted by atomic mass is 10.1. The van der Waals surface area contributed by atoms with Crippen LogP contribution < -0.4 is 4.72 Å². The number of aromatic nitrogens is 1. The highest BCUT2D eigenvalue weighted by Gasteiger charge is 2.22. The average Bonchev–Trinajstić information content (AvgIpc) is 3.10. The third kappa shape index (κ3) is 4.26. The lowest BCUT2D eigenvalue weighted by Crippen LogP contribution is -2.17. The van der Waals surface area contributed by atoms with Gasteiger partial charge in [0.25, 0.3) is 0 Å². The third-order valence-electron chi connectivity index (χ3n) is 3.42. The molecule has 132 valence electrons. The van der Waals surface area contributed by atoms with Gasteiger partial charge >= 0.3 is 12.1 Å². The molecule has 7 nitrogen and oxygen atoms in total. The fourth-order valence-corrected chi connectivity index (χ4v) is 2.76. The SMILES string of the molecule is COC(=O)c1ccc(C#Cc2ccccc2NSN2CCOC2=O)cn1. The number of carbonyl (C=O) groups excluding carboxylic acids is 2. The number of benzene rings is 1. The summed E-state index contributed by atoms with van der Waals surface area (Å²) in [7, 11) is 1.31. The highest BCUT2D eigenvalue weighted by atomic mass is 32.2. The second kappa shape index (κ2) is 8.27. The molecular weight excluding hydrogens is 354 g/mol. The molecule has 0 aliphatic carbocycles. The minimum absolute atomic E-state index is 0.231. The van der Waals surface area contributed by atoms with Crippen molar-refractivity contribution < 1.29 is 19.1 Å². The first-order valence-corrected chi connectivity index (χ1v) is 8.47. The second-order valence-electron chi connectivity index (χ2n) is 5.13. The van der Waals surface area contributed by atoms with E-state index in [4.69, 9.17) is 4.74 Å². The lowest BCUT2D eigenvalue weighted by Gasteiger charge is -2.13. The van der Waals surface area contributed by atoms with E-state index in [1.807, 2.05) is 24.3 Å². The number of nitrogens with zero attached hydrogens (tertiary/aromatic N) is 2. The van der Waals surface area contributed by atoms with Crippen LogP contribution in [0.25, 0.3) is 0 Å². The number of amides is 1. The molecule has 1 N–H and O–H groups in total. The molecule has 0 bridgehead atoms. The molecule has 1 aliphatic rings. The van der Waals surface area contributed by atoms with Crippen molar-refractivity contribution in [1.29, 1.82) is 0 Å². The Labute approximate surface area is 155 Å². The molecule has 0 saturated carbocycles. The monoisotopic (exact) mass is 369 g/mol. The quantitative estimate of drug-likeness (QED) is 0.504. The Hall–Kier alpha value is -3.18.